The number of hydrogen-bond donors (Lipinski definition) is 5. The fraction of sp³-hybridized carbons (Fsp3) is 0.446. The van der Waals surface area contributed by atoms with E-state index >= 15 is 4.39 Å². The van der Waals surface area contributed by atoms with Crippen molar-refractivity contribution in [2.24, 2.45) is 12.5 Å². The third-order valence-electron chi connectivity index (χ3n) is 14.3. The number of halogens is 2. The molecule has 4 amide bonds. The van der Waals surface area contributed by atoms with Crippen LogP contribution in [0.3, 0.4) is 0 Å². The summed E-state index contributed by atoms with van der Waals surface area (Å²) in [7, 11) is -2.09. The Labute approximate surface area is 450 Å². The van der Waals surface area contributed by atoms with E-state index in [1.807, 2.05) is 52.0 Å². The van der Waals surface area contributed by atoms with Gasteiger partial charge in [0.25, 0.3) is 11.5 Å². The summed E-state index contributed by atoms with van der Waals surface area (Å²) in [6.45, 7) is 8.07. The Morgan fingerprint density at radius 1 is 0.948 bits per heavy atom. The molecule has 2 aromatic carbocycles. The molecule has 3 atom stereocenters. The summed E-state index contributed by atoms with van der Waals surface area (Å²) in [4.78, 5) is 83.4. The van der Waals surface area contributed by atoms with Gasteiger partial charge in [-0.25, -0.2) is 27.2 Å². The minimum absolute atomic E-state index is 0.00574. The minimum Gasteiger partial charge on any atom is -0.391 e. The zero-order valence-corrected chi connectivity index (χ0v) is 45.9. The van der Waals surface area contributed by atoms with Gasteiger partial charge in [-0.15, -0.1) is 11.3 Å². The average molecular weight is 1100 g/mol. The number of nitrogens with zero attached hydrogens (tertiary/aromatic N) is 5. The van der Waals surface area contributed by atoms with Crippen LogP contribution in [0.5, 0.6) is 0 Å². The molecular weight excluding hydrogens is 1030 g/mol. The molecule has 410 valence electrons. The number of rotatable bonds is 21. The zero-order chi connectivity index (χ0) is 55.3. The Kier molecular flexibility index (Phi) is 17.4. The number of benzene rings is 2. The van der Waals surface area contributed by atoms with Crippen LogP contribution in [0.25, 0.3) is 32.5 Å². The normalized spacial score (nSPS) is 15.8. The van der Waals surface area contributed by atoms with Gasteiger partial charge < -0.3 is 40.4 Å². The van der Waals surface area contributed by atoms with E-state index < -0.39 is 62.6 Å². The van der Waals surface area contributed by atoms with Crippen LogP contribution in [0.2, 0.25) is 0 Å². The monoisotopic (exact) mass is 1100 g/mol. The molecule has 77 heavy (non-hydrogen) atoms. The SMILES string of the molecule is Cc1ncsc1-c1ccc(CNC(=O)[C@@H]2C[C@@H](O)CN2C(=O)C(NC(=O)CCCCCCCCCCNC(=O)c2cc3c(cc2CS(C)(=O)=O)-c2cn(C)c(=O)c4[nH]cc(c24)CN3c2ncc(F)cc2F)C(C)(C)C)cc1. The number of aliphatic hydroxyl groups excluding tert-OH is 1. The van der Waals surface area contributed by atoms with E-state index in [2.05, 4.69) is 30.9 Å². The second-order valence-corrected chi connectivity index (χ2v) is 24.4. The summed E-state index contributed by atoms with van der Waals surface area (Å²) in [5.74, 6) is -4.07. The Hall–Kier alpha value is -6.84. The summed E-state index contributed by atoms with van der Waals surface area (Å²) in [5.41, 5.74) is 6.21. The molecule has 0 bridgehead atoms. The number of nitrogens with one attached hydrogen (secondary N) is 4. The highest BCUT2D eigenvalue weighted by Gasteiger charge is 2.44. The van der Waals surface area contributed by atoms with Gasteiger partial charge in [0.2, 0.25) is 17.7 Å². The van der Waals surface area contributed by atoms with Gasteiger partial charge in [0, 0.05) is 86.3 Å². The molecule has 0 aliphatic carbocycles. The van der Waals surface area contributed by atoms with Crippen LogP contribution < -0.4 is 26.4 Å². The number of aliphatic hydroxyl groups is 1. The van der Waals surface area contributed by atoms with Crippen molar-refractivity contribution < 1.29 is 41.5 Å². The highest BCUT2D eigenvalue weighted by molar-refractivity contribution is 7.89. The van der Waals surface area contributed by atoms with Gasteiger partial charge in [-0.3, -0.25) is 24.0 Å². The van der Waals surface area contributed by atoms with Gasteiger partial charge in [0.1, 0.15) is 23.4 Å². The van der Waals surface area contributed by atoms with Crippen LogP contribution >= 0.6 is 11.3 Å². The van der Waals surface area contributed by atoms with Crippen LogP contribution in [0.4, 0.5) is 20.3 Å². The van der Waals surface area contributed by atoms with Crippen molar-refractivity contribution in [2.75, 3.05) is 24.2 Å². The third-order valence-corrected chi connectivity index (χ3v) is 16.1. The Balaban J connectivity index is 0.795. The number of sulfone groups is 1. The number of hydrogen-bond acceptors (Lipinski definition) is 12. The number of amides is 4. The quantitative estimate of drug-likeness (QED) is 0.0436. The molecule has 8 rings (SSSR count). The number of thiazole rings is 1. The number of anilines is 2. The van der Waals surface area contributed by atoms with Crippen molar-refractivity contribution >= 4 is 67.2 Å². The third kappa shape index (κ3) is 13.3. The van der Waals surface area contributed by atoms with Gasteiger partial charge in [0.05, 0.1) is 46.4 Å². The molecule has 17 nitrogen and oxygen atoms in total. The maximum atomic E-state index is 15.5. The number of carbonyl (C=O) groups excluding carboxylic acids is 4. The van der Waals surface area contributed by atoms with E-state index in [1.54, 1.807) is 42.4 Å². The van der Waals surface area contributed by atoms with Crippen LogP contribution in [0.15, 0.2) is 71.4 Å². The maximum Gasteiger partial charge on any atom is 0.274 e. The number of likely N-dealkylation sites (tertiary alicyclic amines) is 1. The first-order chi connectivity index (χ1) is 36.6. The van der Waals surface area contributed by atoms with E-state index in [-0.39, 0.29) is 66.8 Å². The Morgan fingerprint density at radius 2 is 1.65 bits per heavy atom. The van der Waals surface area contributed by atoms with Gasteiger partial charge in [-0.05, 0) is 59.6 Å². The smallest absolute Gasteiger partial charge is 0.274 e. The summed E-state index contributed by atoms with van der Waals surface area (Å²) >= 11 is 1.56. The molecule has 6 aromatic rings. The van der Waals surface area contributed by atoms with Crippen LogP contribution in [0.1, 0.15) is 118 Å². The van der Waals surface area contributed by atoms with Gasteiger partial charge in [0.15, 0.2) is 21.5 Å². The number of aromatic nitrogens is 4. The molecule has 1 saturated heterocycles. The van der Waals surface area contributed by atoms with Crippen molar-refractivity contribution in [3.63, 3.8) is 0 Å². The highest BCUT2D eigenvalue weighted by atomic mass is 32.2. The largest absolute Gasteiger partial charge is 0.391 e. The van der Waals surface area contributed by atoms with Crippen LogP contribution in [0, 0.1) is 24.0 Å². The molecule has 21 heteroatoms. The first kappa shape index (κ1) is 56.4. The summed E-state index contributed by atoms with van der Waals surface area (Å²) in [6.07, 6.45) is 11.2. The number of aromatic amines is 1. The van der Waals surface area contributed by atoms with Gasteiger partial charge in [-0.2, -0.15) is 0 Å². The summed E-state index contributed by atoms with van der Waals surface area (Å²) in [6, 6.07) is 9.87. The number of unbranched alkanes of at least 4 members (excludes halogenated alkanes) is 7. The van der Waals surface area contributed by atoms with Gasteiger partial charge in [-0.1, -0.05) is 83.6 Å². The van der Waals surface area contributed by atoms with E-state index in [1.165, 1.54) is 20.4 Å². The van der Waals surface area contributed by atoms with Crippen LogP contribution in [-0.2, 0) is 50.1 Å². The lowest BCUT2D eigenvalue weighted by Crippen LogP contribution is -2.57. The van der Waals surface area contributed by atoms with Crippen molar-refractivity contribution in [2.45, 2.75) is 129 Å². The predicted molar refractivity (Wildman–Crippen MR) is 293 cm³/mol. The number of carbonyl (C=O) groups is 4. The molecule has 0 spiro atoms. The maximum absolute atomic E-state index is 15.5. The number of H-pyrrole nitrogens is 1. The van der Waals surface area contributed by atoms with E-state index in [9.17, 15) is 41.9 Å². The second kappa shape index (κ2) is 23.8. The van der Waals surface area contributed by atoms with Crippen LogP contribution in [-0.4, -0.2) is 99.1 Å². The molecule has 1 unspecified atom stereocenters. The lowest BCUT2D eigenvalue weighted by atomic mass is 9.85. The molecule has 0 saturated carbocycles. The predicted octanol–water partition coefficient (Wildman–Crippen LogP) is 7.88. The fourth-order valence-electron chi connectivity index (χ4n) is 10.3. The number of pyridine rings is 2. The molecule has 0 radical (unpaired) electrons. The Bertz CT molecular complexity index is 3350. The van der Waals surface area contributed by atoms with Crippen molar-refractivity contribution in [3.05, 3.63) is 117 Å². The van der Waals surface area contributed by atoms with E-state index in [0.717, 1.165) is 72.7 Å². The second-order valence-electron chi connectivity index (χ2n) is 21.4. The molecule has 6 heterocycles. The van der Waals surface area contributed by atoms with Gasteiger partial charge >= 0.3 is 0 Å². The molecule has 5 N–H and O–H groups in total. The topological polar surface area (TPSA) is 229 Å². The minimum atomic E-state index is -3.67. The lowest BCUT2D eigenvalue weighted by Gasteiger charge is -2.35. The molecule has 2 aliphatic rings. The van der Waals surface area contributed by atoms with Crippen molar-refractivity contribution in [1.29, 1.82) is 0 Å². The summed E-state index contributed by atoms with van der Waals surface area (Å²) in [5, 5.41) is 20.0. The number of fused-ring (bicyclic) bond motifs is 2. The lowest BCUT2D eigenvalue weighted by molar-refractivity contribution is -0.144. The highest BCUT2D eigenvalue weighted by Crippen LogP contribution is 2.45. The molecular formula is C56H67F2N9O8S2. The first-order valence-corrected chi connectivity index (χ1v) is 29.0. The molecule has 1 fully saturated rings. The zero-order valence-electron chi connectivity index (χ0n) is 44.3. The number of aryl methyl sites for hydroxylation is 2. The van der Waals surface area contributed by atoms with E-state index in [0.29, 0.717) is 58.7 Å². The first-order valence-electron chi connectivity index (χ1n) is 26.0. The van der Waals surface area contributed by atoms with Crippen molar-refractivity contribution in [3.8, 4) is 21.6 Å². The molecule has 4 aromatic heterocycles. The van der Waals surface area contributed by atoms with E-state index in [4.69, 9.17) is 0 Å². The fourth-order valence-corrected chi connectivity index (χ4v) is 11.9. The Morgan fingerprint density at radius 3 is 2.31 bits per heavy atom. The average Bonchev–Trinajstić information content (AvgIpc) is 4.17. The number of β-amino-alcohol motifs (C(OH)–C–C–N with tert-alkyl or cyclic N) is 1. The standard InChI is InChI=1S/C56H67F2N9O8S2/c1-33-49(76-32-63-33)35-18-16-34(17-19-35)25-62-53(71)45-23-39(68)29-67(45)55(73)50(56(2,3)4)64-46(69)15-13-11-9-7-8-10-12-14-20-59-52(70)40-24-44-41(21-36(40)31-77(6,74)75)42-30-65(5)54(72)48-47(42)37(26-60-48)28-66(44)51-43(58)22-38(57)27-61-51/h16-19,21-22,24,26-27,30,32,39,45,50,60,68H,7-15,20,23,25,28-29,31H2,1-6H3,(H,59,70)(H,62,71)(H,64,69)/t39-,45+,50?/m1/s1. The molecule has 2 aliphatic heterocycles. The van der Waals surface area contributed by atoms with Crippen molar-refractivity contribution in [1.82, 2.24) is 40.4 Å². The summed E-state index contributed by atoms with van der Waals surface area (Å²) < 4.78 is 56.7.